The zero-order valence-corrected chi connectivity index (χ0v) is 29.8. The molecule has 0 radical (unpaired) electrons. The van der Waals surface area contributed by atoms with E-state index in [0.717, 1.165) is 39.0 Å². The van der Waals surface area contributed by atoms with Crippen molar-refractivity contribution in [2.24, 2.45) is 0 Å². The molecule has 0 atom stereocenters. The summed E-state index contributed by atoms with van der Waals surface area (Å²) in [7, 11) is 0. The maximum atomic E-state index is 5.34. The molecule has 8 aromatic carbocycles. The average Bonchev–Trinajstić information content (AvgIpc) is 3.78. The molecule has 0 saturated heterocycles. The molecule has 11 aromatic rings. The molecule has 0 fully saturated rings. The van der Waals surface area contributed by atoms with Gasteiger partial charge in [0.15, 0.2) is 17.5 Å². The van der Waals surface area contributed by atoms with Gasteiger partial charge in [0, 0.05) is 47.6 Å². The molecular formula is C49H30N4S. The Balaban J connectivity index is 1.16. The number of hydrogen-bond acceptors (Lipinski definition) is 4. The van der Waals surface area contributed by atoms with E-state index < -0.39 is 0 Å². The van der Waals surface area contributed by atoms with Gasteiger partial charge in [-0.2, -0.15) is 0 Å². The summed E-state index contributed by atoms with van der Waals surface area (Å²) in [5, 5.41) is 7.30. The number of nitrogens with zero attached hydrogens (tertiary/aromatic N) is 4. The molecule has 0 unspecified atom stereocenters. The Morgan fingerprint density at radius 2 is 0.963 bits per heavy atom. The molecule has 0 bridgehead atoms. The summed E-state index contributed by atoms with van der Waals surface area (Å²) in [6.45, 7) is 0. The monoisotopic (exact) mass is 706 g/mol. The number of aromatic nitrogens is 4. The lowest BCUT2D eigenvalue weighted by Gasteiger charge is -2.15. The summed E-state index contributed by atoms with van der Waals surface area (Å²) < 4.78 is 4.79. The van der Waals surface area contributed by atoms with Gasteiger partial charge in [-0.25, -0.2) is 15.0 Å². The minimum Gasteiger partial charge on any atom is -0.308 e. The van der Waals surface area contributed by atoms with E-state index in [9.17, 15) is 0 Å². The zero-order chi connectivity index (χ0) is 35.6. The van der Waals surface area contributed by atoms with Crippen molar-refractivity contribution in [2.45, 2.75) is 0 Å². The summed E-state index contributed by atoms with van der Waals surface area (Å²) >= 11 is 1.79. The van der Waals surface area contributed by atoms with Crippen molar-refractivity contribution in [3.8, 4) is 51.0 Å². The molecule has 0 aliphatic heterocycles. The van der Waals surface area contributed by atoms with Crippen molar-refractivity contribution in [3.05, 3.63) is 182 Å². The van der Waals surface area contributed by atoms with E-state index in [2.05, 4.69) is 180 Å². The molecule has 3 aromatic heterocycles. The van der Waals surface area contributed by atoms with E-state index in [1.165, 1.54) is 47.3 Å². The fourth-order valence-electron chi connectivity index (χ4n) is 7.88. The first-order valence-corrected chi connectivity index (χ1v) is 18.9. The SMILES string of the molecule is c1ccc(-c2ccc(-c3nc(-c4ccccc4-n4c5ccccc5c5cc6ccccc6cc54)nc(-c4cccc5c4sc4ccccc45)n3)cc2)cc1. The summed E-state index contributed by atoms with van der Waals surface area (Å²) in [6.07, 6.45) is 0. The van der Waals surface area contributed by atoms with Gasteiger partial charge in [-0.3, -0.25) is 0 Å². The first-order valence-electron chi connectivity index (χ1n) is 18.1. The van der Waals surface area contributed by atoms with Crippen LogP contribution in [0, 0.1) is 0 Å². The highest BCUT2D eigenvalue weighted by atomic mass is 32.1. The van der Waals surface area contributed by atoms with Crippen LogP contribution >= 0.6 is 11.3 Å². The van der Waals surface area contributed by atoms with Gasteiger partial charge in [-0.15, -0.1) is 11.3 Å². The Morgan fingerprint density at radius 1 is 0.370 bits per heavy atom. The summed E-state index contributed by atoms with van der Waals surface area (Å²) in [4.78, 5) is 15.8. The highest BCUT2D eigenvalue weighted by Crippen LogP contribution is 2.41. The average molecular weight is 707 g/mol. The lowest BCUT2D eigenvalue weighted by molar-refractivity contribution is 1.07. The van der Waals surface area contributed by atoms with Crippen molar-refractivity contribution in [1.29, 1.82) is 0 Å². The second-order valence-electron chi connectivity index (χ2n) is 13.6. The van der Waals surface area contributed by atoms with Crippen molar-refractivity contribution in [3.63, 3.8) is 0 Å². The first kappa shape index (κ1) is 30.7. The smallest absolute Gasteiger partial charge is 0.166 e. The molecule has 0 spiro atoms. The van der Waals surface area contributed by atoms with Gasteiger partial charge in [0.05, 0.1) is 16.7 Å². The minimum absolute atomic E-state index is 0.627. The largest absolute Gasteiger partial charge is 0.308 e. The van der Waals surface area contributed by atoms with Crippen LogP contribution in [-0.2, 0) is 0 Å². The van der Waals surface area contributed by atoms with Crippen LogP contribution < -0.4 is 0 Å². The standard InChI is InChI=1S/C49H30N4S/c1-2-13-31(14-3-1)32-25-27-33(28-26-32)47-50-48(52-49(51-47)40-21-12-20-38-37-18-8-11-24-45(37)54-46(38)40)39-19-7-10-23-43(39)53-42-22-9-6-17-36(42)41-29-34-15-4-5-16-35(34)30-44(41)53/h1-30H. The van der Waals surface area contributed by atoms with Gasteiger partial charge < -0.3 is 4.57 Å². The molecule has 4 nitrogen and oxygen atoms in total. The van der Waals surface area contributed by atoms with Crippen molar-refractivity contribution in [1.82, 2.24) is 19.5 Å². The number of rotatable bonds is 5. The van der Waals surface area contributed by atoms with Gasteiger partial charge in [0.1, 0.15) is 0 Å². The van der Waals surface area contributed by atoms with Crippen LogP contribution in [0.1, 0.15) is 0 Å². The van der Waals surface area contributed by atoms with Gasteiger partial charge in [-0.05, 0) is 64.4 Å². The highest BCUT2D eigenvalue weighted by Gasteiger charge is 2.21. The highest BCUT2D eigenvalue weighted by molar-refractivity contribution is 7.26. The van der Waals surface area contributed by atoms with Crippen LogP contribution in [0.15, 0.2) is 182 Å². The van der Waals surface area contributed by atoms with Crippen LogP contribution in [-0.4, -0.2) is 19.5 Å². The normalized spacial score (nSPS) is 11.7. The third-order valence-corrected chi connectivity index (χ3v) is 11.7. The molecule has 0 N–H and O–H groups in total. The maximum absolute atomic E-state index is 5.34. The second-order valence-corrected chi connectivity index (χ2v) is 14.7. The zero-order valence-electron chi connectivity index (χ0n) is 29.0. The number of hydrogen-bond donors (Lipinski definition) is 0. The van der Waals surface area contributed by atoms with Crippen LogP contribution in [0.3, 0.4) is 0 Å². The molecule has 0 amide bonds. The first-order chi connectivity index (χ1) is 26.8. The van der Waals surface area contributed by atoms with Gasteiger partial charge in [0.2, 0.25) is 0 Å². The molecule has 0 aliphatic carbocycles. The quantitative estimate of drug-likeness (QED) is 0.179. The van der Waals surface area contributed by atoms with Gasteiger partial charge in [0.25, 0.3) is 0 Å². The predicted molar refractivity (Wildman–Crippen MR) is 226 cm³/mol. The van der Waals surface area contributed by atoms with Crippen LogP contribution in [0.25, 0.3) is 104 Å². The second kappa shape index (κ2) is 12.3. The van der Waals surface area contributed by atoms with E-state index in [-0.39, 0.29) is 0 Å². The van der Waals surface area contributed by atoms with E-state index in [1.807, 2.05) is 6.07 Å². The summed E-state index contributed by atoms with van der Waals surface area (Å²) in [5.74, 6) is 1.92. The van der Waals surface area contributed by atoms with Crippen LogP contribution in [0.2, 0.25) is 0 Å². The third-order valence-electron chi connectivity index (χ3n) is 10.5. The predicted octanol–water partition coefficient (Wildman–Crippen LogP) is 13.2. The van der Waals surface area contributed by atoms with Crippen molar-refractivity contribution in [2.75, 3.05) is 0 Å². The topological polar surface area (TPSA) is 43.6 Å². The number of para-hydroxylation sites is 2. The number of fused-ring (bicyclic) bond motifs is 7. The fraction of sp³-hybridized carbons (Fsp3) is 0. The van der Waals surface area contributed by atoms with Crippen LogP contribution in [0.4, 0.5) is 0 Å². The Morgan fingerprint density at radius 3 is 1.81 bits per heavy atom. The third kappa shape index (κ3) is 4.94. The fourth-order valence-corrected chi connectivity index (χ4v) is 9.10. The van der Waals surface area contributed by atoms with Crippen molar-refractivity contribution < 1.29 is 0 Å². The van der Waals surface area contributed by atoms with Gasteiger partial charge in [-0.1, -0.05) is 140 Å². The van der Waals surface area contributed by atoms with E-state index in [4.69, 9.17) is 15.0 Å². The molecule has 11 rings (SSSR count). The Bertz CT molecular complexity index is 3210. The van der Waals surface area contributed by atoms with E-state index >= 15 is 0 Å². The molecule has 0 saturated carbocycles. The molecule has 5 heteroatoms. The number of benzene rings is 8. The summed E-state index contributed by atoms with van der Waals surface area (Å²) in [5.41, 5.74) is 8.48. The Hall–Kier alpha value is -6.95. The Labute approximate surface area is 315 Å². The maximum Gasteiger partial charge on any atom is 0.166 e. The van der Waals surface area contributed by atoms with E-state index in [1.54, 1.807) is 11.3 Å². The summed E-state index contributed by atoms with van der Waals surface area (Å²) in [6, 6.07) is 64.4. The van der Waals surface area contributed by atoms with Crippen LogP contribution in [0.5, 0.6) is 0 Å². The molecule has 252 valence electrons. The number of thiophene rings is 1. The minimum atomic E-state index is 0.627. The lowest BCUT2D eigenvalue weighted by atomic mass is 10.0. The lowest BCUT2D eigenvalue weighted by Crippen LogP contribution is -2.03. The van der Waals surface area contributed by atoms with Gasteiger partial charge >= 0.3 is 0 Å². The van der Waals surface area contributed by atoms with E-state index in [0.29, 0.717) is 17.5 Å². The molecule has 0 aliphatic rings. The van der Waals surface area contributed by atoms with Crippen molar-refractivity contribution >= 4 is 64.1 Å². The molecule has 3 heterocycles. The Kier molecular flexibility index (Phi) is 7.00. The molecular weight excluding hydrogens is 677 g/mol. The molecule has 54 heavy (non-hydrogen) atoms.